The van der Waals surface area contributed by atoms with Crippen molar-refractivity contribution < 1.29 is 4.79 Å². The zero-order valence-electron chi connectivity index (χ0n) is 11.2. The molecule has 0 saturated heterocycles. The zero-order chi connectivity index (χ0) is 14.5. The maximum Gasteiger partial charge on any atom is 0.270 e. The number of carbonyl (C=O) groups is 1. The van der Waals surface area contributed by atoms with Crippen molar-refractivity contribution in [2.24, 2.45) is 0 Å². The molecule has 0 atom stereocenters. The molecule has 3 aromatic rings. The van der Waals surface area contributed by atoms with Gasteiger partial charge in [-0.05, 0) is 23.8 Å². The van der Waals surface area contributed by atoms with Crippen LogP contribution in [0.1, 0.15) is 16.1 Å². The number of nitrogens with one attached hydrogen (secondary N) is 1. The summed E-state index contributed by atoms with van der Waals surface area (Å²) in [5.74, 6) is -0.221. The van der Waals surface area contributed by atoms with Crippen LogP contribution in [0.3, 0.4) is 0 Å². The predicted molar refractivity (Wildman–Crippen MR) is 76.8 cm³/mol. The molecule has 0 fully saturated rings. The van der Waals surface area contributed by atoms with Gasteiger partial charge in [-0.3, -0.25) is 14.8 Å². The molecule has 0 aliphatic heterocycles. The molecule has 0 spiro atoms. The SMILES string of the molecule is O=C(NCc1cccnc1)c1cc(-n2ccnc2)ccn1. The van der Waals surface area contributed by atoms with E-state index in [-0.39, 0.29) is 5.91 Å². The van der Waals surface area contributed by atoms with E-state index < -0.39 is 0 Å². The Balaban J connectivity index is 1.72. The van der Waals surface area contributed by atoms with Crippen LogP contribution in [0, 0.1) is 0 Å². The molecule has 0 aliphatic rings. The molecule has 6 nitrogen and oxygen atoms in total. The minimum absolute atomic E-state index is 0.221. The van der Waals surface area contributed by atoms with Crippen LogP contribution in [0.5, 0.6) is 0 Å². The van der Waals surface area contributed by atoms with Gasteiger partial charge in [0, 0.05) is 37.5 Å². The summed E-state index contributed by atoms with van der Waals surface area (Å²) in [6, 6.07) is 7.28. The molecule has 1 amide bonds. The Morgan fingerprint density at radius 1 is 1.19 bits per heavy atom. The molecule has 104 valence electrons. The van der Waals surface area contributed by atoms with Crippen LogP contribution in [0.4, 0.5) is 0 Å². The van der Waals surface area contributed by atoms with Crippen molar-refractivity contribution in [3.05, 3.63) is 72.8 Å². The monoisotopic (exact) mass is 279 g/mol. The molecule has 0 radical (unpaired) electrons. The van der Waals surface area contributed by atoms with Crippen LogP contribution in [-0.2, 0) is 6.54 Å². The Morgan fingerprint density at radius 3 is 2.90 bits per heavy atom. The lowest BCUT2D eigenvalue weighted by Gasteiger charge is -2.06. The number of amides is 1. The van der Waals surface area contributed by atoms with E-state index in [4.69, 9.17) is 0 Å². The number of rotatable bonds is 4. The second kappa shape index (κ2) is 5.96. The molecule has 21 heavy (non-hydrogen) atoms. The van der Waals surface area contributed by atoms with Gasteiger partial charge >= 0.3 is 0 Å². The summed E-state index contributed by atoms with van der Waals surface area (Å²) in [6.07, 6.45) is 10.2. The van der Waals surface area contributed by atoms with Crippen molar-refractivity contribution in [3.63, 3.8) is 0 Å². The highest BCUT2D eigenvalue weighted by Gasteiger charge is 2.08. The van der Waals surface area contributed by atoms with E-state index in [9.17, 15) is 4.79 Å². The molecule has 3 rings (SSSR count). The molecular formula is C15H13N5O. The quantitative estimate of drug-likeness (QED) is 0.787. The average molecular weight is 279 g/mol. The largest absolute Gasteiger partial charge is 0.347 e. The third-order valence-electron chi connectivity index (χ3n) is 2.95. The molecule has 0 unspecified atom stereocenters. The van der Waals surface area contributed by atoms with E-state index >= 15 is 0 Å². The topological polar surface area (TPSA) is 72.7 Å². The summed E-state index contributed by atoms with van der Waals surface area (Å²) < 4.78 is 1.82. The highest BCUT2D eigenvalue weighted by Crippen LogP contribution is 2.08. The smallest absolute Gasteiger partial charge is 0.270 e. The minimum atomic E-state index is -0.221. The van der Waals surface area contributed by atoms with Crippen molar-refractivity contribution in [2.45, 2.75) is 6.54 Å². The van der Waals surface area contributed by atoms with E-state index in [2.05, 4.69) is 20.3 Å². The van der Waals surface area contributed by atoms with E-state index in [0.717, 1.165) is 11.3 Å². The van der Waals surface area contributed by atoms with Crippen molar-refractivity contribution in [1.29, 1.82) is 0 Å². The zero-order valence-corrected chi connectivity index (χ0v) is 11.2. The lowest BCUT2D eigenvalue weighted by Crippen LogP contribution is -2.24. The highest BCUT2D eigenvalue weighted by molar-refractivity contribution is 5.92. The van der Waals surface area contributed by atoms with Crippen LogP contribution >= 0.6 is 0 Å². The lowest BCUT2D eigenvalue weighted by molar-refractivity contribution is 0.0946. The van der Waals surface area contributed by atoms with Crippen LogP contribution in [0.2, 0.25) is 0 Å². The Kier molecular flexibility index (Phi) is 3.68. The predicted octanol–water partition coefficient (Wildman–Crippen LogP) is 1.59. The Bertz CT molecular complexity index is 725. The molecular weight excluding hydrogens is 266 g/mol. The molecule has 6 heteroatoms. The number of hydrogen-bond donors (Lipinski definition) is 1. The third kappa shape index (κ3) is 3.11. The minimum Gasteiger partial charge on any atom is -0.347 e. The Hall–Kier alpha value is -3.02. The van der Waals surface area contributed by atoms with Crippen molar-refractivity contribution in [2.75, 3.05) is 0 Å². The fraction of sp³-hybridized carbons (Fsp3) is 0.0667. The summed E-state index contributed by atoms with van der Waals surface area (Å²) in [7, 11) is 0. The average Bonchev–Trinajstić information content (AvgIpc) is 3.08. The summed E-state index contributed by atoms with van der Waals surface area (Å²) >= 11 is 0. The number of carbonyl (C=O) groups excluding carboxylic acids is 1. The van der Waals surface area contributed by atoms with E-state index in [1.165, 1.54) is 0 Å². The Morgan fingerprint density at radius 2 is 2.14 bits per heavy atom. The first-order valence-corrected chi connectivity index (χ1v) is 6.44. The molecule has 0 bridgehead atoms. The first-order valence-electron chi connectivity index (χ1n) is 6.44. The van der Waals surface area contributed by atoms with Gasteiger partial charge in [0.15, 0.2) is 0 Å². The normalized spacial score (nSPS) is 10.3. The molecule has 3 heterocycles. The number of pyridine rings is 2. The van der Waals surface area contributed by atoms with Crippen molar-refractivity contribution in [3.8, 4) is 5.69 Å². The number of imidazole rings is 1. The van der Waals surface area contributed by atoms with Crippen LogP contribution in [-0.4, -0.2) is 25.4 Å². The number of aromatic nitrogens is 4. The Labute approximate surface area is 121 Å². The summed E-state index contributed by atoms with van der Waals surface area (Å²) in [5, 5.41) is 2.82. The van der Waals surface area contributed by atoms with Gasteiger partial charge in [0.1, 0.15) is 5.69 Å². The molecule has 1 N–H and O–H groups in total. The van der Waals surface area contributed by atoms with Crippen LogP contribution < -0.4 is 5.32 Å². The summed E-state index contributed by atoms with van der Waals surface area (Å²) in [6.45, 7) is 0.420. The fourth-order valence-corrected chi connectivity index (χ4v) is 1.89. The van der Waals surface area contributed by atoms with Crippen LogP contribution in [0.15, 0.2) is 61.6 Å². The fourth-order valence-electron chi connectivity index (χ4n) is 1.89. The van der Waals surface area contributed by atoms with E-state index in [0.29, 0.717) is 12.2 Å². The van der Waals surface area contributed by atoms with Gasteiger partial charge in [0.05, 0.1) is 12.0 Å². The van der Waals surface area contributed by atoms with Gasteiger partial charge in [0.2, 0.25) is 0 Å². The van der Waals surface area contributed by atoms with Gasteiger partial charge in [-0.25, -0.2) is 4.98 Å². The maximum absolute atomic E-state index is 12.1. The van der Waals surface area contributed by atoms with Crippen LogP contribution in [0.25, 0.3) is 5.69 Å². The first kappa shape index (κ1) is 13.0. The second-order valence-corrected chi connectivity index (χ2v) is 4.41. The highest BCUT2D eigenvalue weighted by atomic mass is 16.1. The van der Waals surface area contributed by atoms with E-state index in [1.807, 2.05) is 29.0 Å². The van der Waals surface area contributed by atoms with Gasteiger partial charge in [0.25, 0.3) is 5.91 Å². The third-order valence-corrected chi connectivity index (χ3v) is 2.95. The van der Waals surface area contributed by atoms with Gasteiger partial charge in [-0.1, -0.05) is 6.07 Å². The molecule has 0 aromatic carbocycles. The summed E-state index contributed by atoms with van der Waals surface area (Å²) in [4.78, 5) is 24.2. The molecule has 0 aliphatic carbocycles. The van der Waals surface area contributed by atoms with Gasteiger partial charge in [-0.15, -0.1) is 0 Å². The first-order chi connectivity index (χ1) is 10.3. The standard InChI is InChI=1S/C15H13N5O/c21-15(19-10-12-2-1-4-16-9-12)14-8-13(3-5-18-14)20-7-6-17-11-20/h1-9,11H,10H2,(H,19,21). The van der Waals surface area contributed by atoms with Crippen molar-refractivity contribution >= 4 is 5.91 Å². The number of hydrogen-bond acceptors (Lipinski definition) is 4. The second-order valence-electron chi connectivity index (χ2n) is 4.41. The maximum atomic E-state index is 12.1. The lowest BCUT2D eigenvalue weighted by atomic mass is 10.2. The summed E-state index contributed by atoms with van der Waals surface area (Å²) in [5.41, 5.74) is 2.15. The van der Waals surface area contributed by atoms with Gasteiger partial charge < -0.3 is 9.88 Å². The number of nitrogens with zero attached hydrogens (tertiary/aromatic N) is 4. The van der Waals surface area contributed by atoms with E-state index in [1.54, 1.807) is 37.2 Å². The molecule has 3 aromatic heterocycles. The van der Waals surface area contributed by atoms with Crippen molar-refractivity contribution in [1.82, 2.24) is 24.8 Å². The van der Waals surface area contributed by atoms with Gasteiger partial charge in [-0.2, -0.15) is 0 Å². The molecule has 0 saturated carbocycles.